The Kier molecular flexibility index (Phi) is 11.4. The first-order valence-corrected chi connectivity index (χ1v) is 18.7. The van der Waals surface area contributed by atoms with Crippen LogP contribution < -0.4 is 10.6 Å². The molecule has 14 heteroatoms. The zero-order valence-electron chi connectivity index (χ0n) is 32.2. The number of amides is 6. The number of aromatic amines is 2. The summed E-state index contributed by atoms with van der Waals surface area (Å²) in [7, 11) is 6.62. The third-order valence-electron chi connectivity index (χ3n) is 10.4. The summed E-state index contributed by atoms with van der Waals surface area (Å²) in [5.41, 5.74) is 5.85. The van der Waals surface area contributed by atoms with E-state index in [1.165, 1.54) is 9.80 Å². The highest BCUT2D eigenvalue weighted by Gasteiger charge is 2.38. The number of aromatic nitrogens is 4. The molecule has 0 spiro atoms. The van der Waals surface area contributed by atoms with E-state index in [4.69, 9.17) is 4.98 Å². The number of hydrogen-bond acceptors (Lipinski definition) is 6. The summed E-state index contributed by atoms with van der Waals surface area (Å²) in [5, 5.41) is 5.65. The fourth-order valence-electron chi connectivity index (χ4n) is 7.20. The van der Waals surface area contributed by atoms with Gasteiger partial charge < -0.3 is 40.2 Å². The van der Waals surface area contributed by atoms with Crippen LogP contribution in [0.1, 0.15) is 70.2 Å². The molecule has 14 nitrogen and oxygen atoms in total. The summed E-state index contributed by atoms with van der Waals surface area (Å²) in [5.74, 6) is 1.22. The van der Waals surface area contributed by atoms with Gasteiger partial charge in [0.2, 0.25) is 11.8 Å². The fraction of sp³-hybridized carbons (Fsp3) is 0.450. The zero-order chi connectivity index (χ0) is 38.7. The molecule has 4 atom stereocenters. The molecule has 286 valence electrons. The lowest BCUT2D eigenvalue weighted by molar-refractivity contribution is -0.135. The Morgan fingerprint density at radius 1 is 0.648 bits per heavy atom. The van der Waals surface area contributed by atoms with Gasteiger partial charge in [-0.25, -0.2) is 19.6 Å². The number of urea groups is 2. The number of rotatable bonds is 10. The molecule has 6 amide bonds. The number of imidazole rings is 2. The standard InChI is InChI=1S/C40H52N10O4/c1-24(2)34(46-40(54)48(6)7)38(52)50-21-9-11-33(50)36-42-23-31(45-36)29-18-14-27(15-19-29)26-12-16-28(17-13-26)30-22-41-35(44-30)32-10-8-20-49(32)37(51)25(3)43-39(53)47(4)5/h12-19,22-25,32-34H,8-11,20-21H2,1-7H3,(H,41,44)(H,42,45)(H,43,53)(H,46,54)/t25-,32-,33?,34-/m0/s1. The Balaban J connectivity index is 1.09. The van der Waals surface area contributed by atoms with Gasteiger partial charge in [-0.15, -0.1) is 0 Å². The monoisotopic (exact) mass is 736 g/mol. The molecule has 2 fully saturated rings. The van der Waals surface area contributed by atoms with Crippen molar-refractivity contribution in [2.45, 2.75) is 70.6 Å². The van der Waals surface area contributed by atoms with Crippen LogP contribution in [0.4, 0.5) is 9.59 Å². The molecule has 4 heterocycles. The minimum atomic E-state index is -0.637. The molecule has 54 heavy (non-hydrogen) atoms. The van der Waals surface area contributed by atoms with Gasteiger partial charge in [0.05, 0.1) is 35.9 Å². The van der Waals surface area contributed by atoms with Crippen molar-refractivity contribution in [3.63, 3.8) is 0 Å². The van der Waals surface area contributed by atoms with Crippen LogP contribution in [0.25, 0.3) is 33.6 Å². The molecule has 0 saturated carbocycles. The van der Waals surface area contributed by atoms with Crippen LogP contribution in [0.15, 0.2) is 60.9 Å². The average Bonchev–Trinajstić information content (AvgIpc) is 3.99. The molecule has 0 aliphatic carbocycles. The van der Waals surface area contributed by atoms with E-state index < -0.39 is 12.1 Å². The molecule has 2 aliphatic heterocycles. The average molecular weight is 737 g/mol. The normalized spacial score (nSPS) is 18.1. The first kappa shape index (κ1) is 38.1. The molecule has 6 rings (SSSR count). The second kappa shape index (κ2) is 16.1. The number of hydrogen-bond donors (Lipinski definition) is 4. The SMILES string of the molecule is CC(C)[C@H](NC(=O)N(C)C)C(=O)N1CCCC1c1ncc(-c2ccc(-c3ccc(-c4cnc([C@@H]5CCCN5C(=O)[C@H](C)NC(=O)N(C)C)[nH]4)cc3)cc2)[nH]1. The molecule has 4 N–H and O–H groups in total. The highest BCUT2D eigenvalue weighted by Crippen LogP contribution is 2.35. The summed E-state index contributed by atoms with van der Waals surface area (Å²) in [6, 6.07) is 14.4. The lowest BCUT2D eigenvalue weighted by atomic mass is 10.0. The quantitative estimate of drug-likeness (QED) is 0.170. The minimum Gasteiger partial charge on any atom is -0.340 e. The van der Waals surface area contributed by atoms with Gasteiger partial charge in [0, 0.05) is 41.3 Å². The van der Waals surface area contributed by atoms with Crippen molar-refractivity contribution >= 4 is 23.9 Å². The predicted octanol–water partition coefficient (Wildman–Crippen LogP) is 5.42. The predicted molar refractivity (Wildman–Crippen MR) is 207 cm³/mol. The molecule has 2 aliphatic rings. The van der Waals surface area contributed by atoms with E-state index in [0.29, 0.717) is 13.1 Å². The number of nitrogens with one attached hydrogen (secondary N) is 4. The maximum atomic E-state index is 13.7. The fourth-order valence-corrected chi connectivity index (χ4v) is 7.20. The van der Waals surface area contributed by atoms with Crippen molar-refractivity contribution in [1.82, 2.24) is 50.2 Å². The van der Waals surface area contributed by atoms with Gasteiger partial charge in [-0.1, -0.05) is 62.4 Å². The third-order valence-corrected chi connectivity index (χ3v) is 10.4. The molecule has 2 aromatic carbocycles. The van der Waals surface area contributed by atoms with Crippen LogP contribution in [-0.4, -0.2) is 117 Å². The van der Waals surface area contributed by atoms with E-state index in [9.17, 15) is 19.2 Å². The van der Waals surface area contributed by atoms with Gasteiger partial charge in [-0.2, -0.15) is 0 Å². The number of benzene rings is 2. The molecule has 2 aromatic heterocycles. The van der Waals surface area contributed by atoms with Crippen LogP contribution >= 0.6 is 0 Å². The first-order chi connectivity index (χ1) is 25.8. The van der Waals surface area contributed by atoms with Gasteiger partial charge in [0.25, 0.3) is 0 Å². The maximum absolute atomic E-state index is 13.7. The number of carbonyl (C=O) groups excluding carboxylic acids is 4. The zero-order valence-corrected chi connectivity index (χ0v) is 32.2. The Bertz CT molecular complexity index is 1950. The van der Waals surface area contributed by atoms with Gasteiger partial charge in [0.1, 0.15) is 23.7 Å². The lowest BCUT2D eigenvalue weighted by Gasteiger charge is -2.31. The van der Waals surface area contributed by atoms with Crippen LogP contribution in [0.5, 0.6) is 0 Å². The third kappa shape index (κ3) is 8.12. The Morgan fingerprint density at radius 3 is 1.48 bits per heavy atom. The van der Waals surface area contributed by atoms with Gasteiger partial charge in [-0.05, 0) is 60.8 Å². The maximum Gasteiger partial charge on any atom is 0.317 e. The van der Waals surface area contributed by atoms with Gasteiger partial charge in [-0.3, -0.25) is 9.59 Å². The Morgan fingerprint density at radius 2 is 1.06 bits per heavy atom. The van der Waals surface area contributed by atoms with Crippen molar-refractivity contribution < 1.29 is 19.2 Å². The summed E-state index contributed by atoms with van der Waals surface area (Å²) in [4.78, 5) is 74.2. The summed E-state index contributed by atoms with van der Waals surface area (Å²) < 4.78 is 0. The largest absolute Gasteiger partial charge is 0.340 e. The number of nitrogens with zero attached hydrogens (tertiary/aromatic N) is 6. The van der Waals surface area contributed by atoms with Crippen molar-refractivity contribution in [2.24, 2.45) is 5.92 Å². The van der Waals surface area contributed by atoms with E-state index in [1.807, 2.05) is 36.0 Å². The number of carbonyl (C=O) groups is 4. The second-order valence-electron chi connectivity index (χ2n) is 15.0. The van der Waals surface area contributed by atoms with Gasteiger partial charge >= 0.3 is 12.1 Å². The van der Waals surface area contributed by atoms with Crippen LogP contribution in [0.3, 0.4) is 0 Å². The second-order valence-corrected chi connectivity index (χ2v) is 15.0. The van der Waals surface area contributed by atoms with E-state index in [1.54, 1.807) is 35.1 Å². The lowest BCUT2D eigenvalue weighted by Crippen LogP contribution is -2.53. The molecular weight excluding hydrogens is 685 g/mol. The molecule has 2 saturated heterocycles. The van der Waals surface area contributed by atoms with Crippen molar-refractivity contribution in [2.75, 3.05) is 41.3 Å². The summed E-state index contributed by atoms with van der Waals surface area (Å²) >= 11 is 0. The molecular formula is C40H52N10O4. The highest BCUT2D eigenvalue weighted by atomic mass is 16.2. The van der Waals surface area contributed by atoms with Crippen LogP contribution in [-0.2, 0) is 9.59 Å². The van der Waals surface area contributed by atoms with Crippen molar-refractivity contribution in [1.29, 1.82) is 0 Å². The highest BCUT2D eigenvalue weighted by molar-refractivity contribution is 5.88. The van der Waals surface area contributed by atoms with Crippen molar-refractivity contribution in [3.8, 4) is 33.6 Å². The number of H-pyrrole nitrogens is 2. The smallest absolute Gasteiger partial charge is 0.317 e. The summed E-state index contributed by atoms with van der Waals surface area (Å²) in [6.45, 7) is 6.84. The van der Waals surface area contributed by atoms with E-state index in [2.05, 4.69) is 74.1 Å². The Labute approximate surface area is 316 Å². The topological polar surface area (TPSA) is 163 Å². The van der Waals surface area contributed by atoms with Crippen molar-refractivity contribution in [3.05, 3.63) is 72.6 Å². The van der Waals surface area contributed by atoms with Crippen LogP contribution in [0, 0.1) is 5.92 Å². The van der Waals surface area contributed by atoms with E-state index in [0.717, 1.165) is 71.0 Å². The van der Waals surface area contributed by atoms with E-state index in [-0.39, 0.29) is 41.9 Å². The van der Waals surface area contributed by atoms with Crippen LogP contribution in [0.2, 0.25) is 0 Å². The first-order valence-electron chi connectivity index (χ1n) is 18.7. The summed E-state index contributed by atoms with van der Waals surface area (Å²) in [6.07, 6.45) is 6.97. The van der Waals surface area contributed by atoms with E-state index >= 15 is 0 Å². The molecule has 1 unspecified atom stereocenters. The molecule has 4 aromatic rings. The Hall–Kier alpha value is -5.66. The molecule has 0 bridgehead atoms. The van der Waals surface area contributed by atoms with Gasteiger partial charge in [0.15, 0.2) is 0 Å². The molecule has 0 radical (unpaired) electrons. The number of likely N-dealkylation sites (tertiary alicyclic amines) is 2. The minimum absolute atomic E-state index is 0.0604.